The van der Waals surface area contributed by atoms with E-state index in [-0.39, 0.29) is 18.2 Å². The molecule has 19 heavy (non-hydrogen) atoms. The van der Waals surface area contributed by atoms with E-state index in [9.17, 15) is 9.59 Å². The fraction of sp³-hybridized carbons (Fsp3) is 0.467. The molecular weight excluding hydrogens is 242 g/mol. The van der Waals surface area contributed by atoms with E-state index in [1.165, 1.54) is 0 Å². The van der Waals surface area contributed by atoms with Gasteiger partial charge in [0.2, 0.25) is 5.91 Å². The highest BCUT2D eigenvalue weighted by atomic mass is 16.4. The number of rotatable bonds is 6. The molecule has 0 aliphatic heterocycles. The van der Waals surface area contributed by atoms with E-state index in [1.54, 1.807) is 11.8 Å². The molecule has 0 heterocycles. The number of benzene rings is 1. The number of anilines is 1. The van der Waals surface area contributed by atoms with Gasteiger partial charge in [-0.05, 0) is 31.9 Å². The van der Waals surface area contributed by atoms with Crippen molar-refractivity contribution < 1.29 is 14.7 Å². The molecule has 1 aromatic carbocycles. The smallest absolute Gasteiger partial charge is 0.303 e. The van der Waals surface area contributed by atoms with Gasteiger partial charge in [0.15, 0.2) is 0 Å². The monoisotopic (exact) mass is 263 g/mol. The Balaban J connectivity index is 2.82. The predicted octanol–water partition coefficient (Wildman–Crippen LogP) is 2.85. The van der Waals surface area contributed by atoms with Crippen LogP contribution < -0.4 is 4.90 Å². The van der Waals surface area contributed by atoms with E-state index in [2.05, 4.69) is 0 Å². The van der Waals surface area contributed by atoms with E-state index in [0.29, 0.717) is 13.0 Å². The van der Waals surface area contributed by atoms with Crippen molar-refractivity contribution >= 4 is 17.6 Å². The lowest BCUT2D eigenvalue weighted by Gasteiger charge is -2.26. The third-order valence-corrected chi connectivity index (χ3v) is 3.20. The number of carboxylic acids is 1. The SMILES string of the molecule is CCN(C(=O)C(C)CCC(=O)O)c1ccccc1C. The standard InChI is InChI=1S/C15H21NO3/c1-4-16(13-8-6-5-7-11(13)2)15(19)12(3)9-10-14(17)18/h5-8,12H,4,9-10H2,1-3H3,(H,17,18). The lowest BCUT2D eigenvalue weighted by molar-refractivity contribution is -0.137. The summed E-state index contributed by atoms with van der Waals surface area (Å²) in [7, 11) is 0. The molecule has 1 aromatic rings. The molecule has 0 aliphatic carbocycles. The highest BCUT2D eigenvalue weighted by Gasteiger charge is 2.22. The number of nitrogens with zero attached hydrogens (tertiary/aromatic N) is 1. The summed E-state index contributed by atoms with van der Waals surface area (Å²) in [5.74, 6) is -1.16. The van der Waals surface area contributed by atoms with E-state index >= 15 is 0 Å². The molecule has 0 aromatic heterocycles. The molecule has 4 nitrogen and oxygen atoms in total. The van der Waals surface area contributed by atoms with Gasteiger partial charge in [0, 0.05) is 24.6 Å². The van der Waals surface area contributed by atoms with Gasteiger partial charge in [0.1, 0.15) is 0 Å². The quantitative estimate of drug-likeness (QED) is 0.858. The molecule has 0 bridgehead atoms. The molecule has 0 spiro atoms. The van der Waals surface area contributed by atoms with Crippen LogP contribution in [0.25, 0.3) is 0 Å². The summed E-state index contributed by atoms with van der Waals surface area (Å²) in [6.45, 7) is 6.26. The molecule has 1 rings (SSSR count). The topological polar surface area (TPSA) is 57.6 Å². The van der Waals surface area contributed by atoms with E-state index in [4.69, 9.17) is 5.11 Å². The first-order valence-corrected chi connectivity index (χ1v) is 6.56. The fourth-order valence-electron chi connectivity index (χ4n) is 2.04. The number of para-hydroxylation sites is 1. The minimum atomic E-state index is -0.862. The van der Waals surface area contributed by atoms with Crippen molar-refractivity contribution in [3.05, 3.63) is 29.8 Å². The van der Waals surface area contributed by atoms with Crippen molar-refractivity contribution in [3.8, 4) is 0 Å². The molecule has 4 heteroatoms. The lowest BCUT2D eigenvalue weighted by Crippen LogP contribution is -2.35. The summed E-state index contributed by atoms with van der Waals surface area (Å²) >= 11 is 0. The Morgan fingerprint density at radius 3 is 2.47 bits per heavy atom. The van der Waals surface area contributed by atoms with Crippen molar-refractivity contribution in [3.63, 3.8) is 0 Å². The largest absolute Gasteiger partial charge is 0.481 e. The molecule has 0 aliphatic rings. The maximum atomic E-state index is 12.4. The van der Waals surface area contributed by atoms with E-state index in [0.717, 1.165) is 11.3 Å². The first-order chi connectivity index (χ1) is 8.97. The van der Waals surface area contributed by atoms with Crippen molar-refractivity contribution in [1.29, 1.82) is 0 Å². The van der Waals surface area contributed by atoms with Crippen LogP contribution in [0.4, 0.5) is 5.69 Å². The Morgan fingerprint density at radius 1 is 1.32 bits per heavy atom. The van der Waals surface area contributed by atoms with Gasteiger partial charge in [-0.15, -0.1) is 0 Å². The minimum absolute atomic E-state index is 0.0157. The summed E-state index contributed by atoms with van der Waals surface area (Å²) in [6.07, 6.45) is 0.398. The van der Waals surface area contributed by atoms with Crippen LogP contribution in [0.5, 0.6) is 0 Å². The number of hydrogen-bond donors (Lipinski definition) is 1. The maximum Gasteiger partial charge on any atom is 0.303 e. The molecule has 1 amide bonds. The first kappa shape index (κ1) is 15.2. The predicted molar refractivity (Wildman–Crippen MR) is 75.2 cm³/mol. The summed E-state index contributed by atoms with van der Waals surface area (Å²) in [5, 5.41) is 8.68. The zero-order valence-electron chi connectivity index (χ0n) is 11.7. The van der Waals surface area contributed by atoms with Crippen LogP contribution >= 0.6 is 0 Å². The van der Waals surface area contributed by atoms with Gasteiger partial charge in [-0.2, -0.15) is 0 Å². The van der Waals surface area contributed by atoms with Gasteiger partial charge in [-0.3, -0.25) is 9.59 Å². The molecule has 0 fully saturated rings. The van der Waals surface area contributed by atoms with Crippen LogP contribution in [0.2, 0.25) is 0 Å². The molecule has 0 radical (unpaired) electrons. The van der Waals surface area contributed by atoms with Gasteiger partial charge in [-0.25, -0.2) is 0 Å². The number of aryl methyl sites for hydroxylation is 1. The molecule has 1 atom stereocenters. The number of aliphatic carboxylic acids is 1. The Morgan fingerprint density at radius 2 is 1.95 bits per heavy atom. The second-order valence-corrected chi connectivity index (χ2v) is 4.70. The van der Waals surface area contributed by atoms with Gasteiger partial charge in [0.25, 0.3) is 0 Å². The highest BCUT2D eigenvalue weighted by Crippen LogP contribution is 2.22. The lowest BCUT2D eigenvalue weighted by atomic mass is 10.0. The second kappa shape index (κ2) is 6.92. The van der Waals surface area contributed by atoms with E-state index < -0.39 is 5.97 Å². The molecule has 0 saturated heterocycles. The van der Waals surface area contributed by atoms with Gasteiger partial charge in [-0.1, -0.05) is 25.1 Å². The molecule has 1 unspecified atom stereocenters. The summed E-state index contributed by atoms with van der Waals surface area (Å²) in [4.78, 5) is 24.7. The van der Waals surface area contributed by atoms with Crippen molar-refractivity contribution in [2.24, 2.45) is 5.92 Å². The van der Waals surface area contributed by atoms with Crippen molar-refractivity contribution in [2.45, 2.75) is 33.6 Å². The third-order valence-electron chi connectivity index (χ3n) is 3.20. The van der Waals surface area contributed by atoms with Crippen molar-refractivity contribution in [1.82, 2.24) is 0 Å². The van der Waals surface area contributed by atoms with Crippen LogP contribution in [-0.2, 0) is 9.59 Å². The Kier molecular flexibility index (Phi) is 5.55. The molecule has 104 valence electrons. The zero-order chi connectivity index (χ0) is 14.4. The first-order valence-electron chi connectivity index (χ1n) is 6.56. The van der Waals surface area contributed by atoms with Gasteiger partial charge < -0.3 is 10.0 Å². The third kappa shape index (κ3) is 4.09. The van der Waals surface area contributed by atoms with Crippen LogP contribution in [0, 0.1) is 12.8 Å². The van der Waals surface area contributed by atoms with Crippen molar-refractivity contribution in [2.75, 3.05) is 11.4 Å². The van der Waals surface area contributed by atoms with Gasteiger partial charge in [0.05, 0.1) is 0 Å². The molecular formula is C15H21NO3. The normalized spacial score (nSPS) is 11.9. The Labute approximate surface area is 114 Å². The second-order valence-electron chi connectivity index (χ2n) is 4.70. The summed E-state index contributed by atoms with van der Waals surface area (Å²) < 4.78 is 0. The number of hydrogen-bond acceptors (Lipinski definition) is 2. The number of carbonyl (C=O) groups excluding carboxylic acids is 1. The van der Waals surface area contributed by atoms with E-state index in [1.807, 2.05) is 38.1 Å². The Hall–Kier alpha value is -1.84. The minimum Gasteiger partial charge on any atom is -0.481 e. The number of carbonyl (C=O) groups is 2. The Bertz CT molecular complexity index is 456. The zero-order valence-corrected chi connectivity index (χ0v) is 11.7. The number of carboxylic acid groups (broad SMARTS) is 1. The maximum absolute atomic E-state index is 12.4. The number of amides is 1. The summed E-state index contributed by atoms with van der Waals surface area (Å²) in [5.41, 5.74) is 1.94. The fourth-order valence-corrected chi connectivity index (χ4v) is 2.04. The molecule has 1 N–H and O–H groups in total. The highest BCUT2D eigenvalue weighted by molar-refractivity contribution is 5.95. The average molecular weight is 263 g/mol. The van der Waals surface area contributed by atoms with Crippen LogP contribution in [0.15, 0.2) is 24.3 Å². The average Bonchev–Trinajstić information content (AvgIpc) is 2.38. The van der Waals surface area contributed by atoms with Crippen LogP contribution in [-0.4, -0.2) is 23.5 Å². The van der Waals surface area contributed by atoms with Gasteiger partial charge >= 0.3 is 5.97 Å². The molecule has 0 saturated carbocycles. The summed E-state index contributed by atoms with van der Waals surface area (Å²) in [6, 6.07) is 7.72. The van der Waals surface area contributed by atoms with Crippen LogP contribution in [0.1, 0.15) is 32.3 Å². The van der Waals surface area contributed by atoms with Crippen LogP contribution in [0.3, 0.4) is 0 Å².